The molecule has 3 aromatic rings. The summed E-state index contributed by atoms with van der Waals surface area (Å²) < 4.78 is 0. The minimum atomic E-state index is -0.238. The van der Waals surface area contributed by atoms with Crippen molar-refractivity contribution in [1.82, 2.24) is 20.5 Å². The zero-order valence-electron chi connectivity index (χ0n) is 15.0. The Bertz CT molecular complexity index is 921. The average molecular weight is 363 g/mol. The van der Waals surface area contributed by atoms with E-state index in [1.54, 1.807) is 30.5 Å². The van der Waals surface area contributed by atoms with E-state index in [-0.39, 0.29) is 11.8 Å². The van der Waals surface area contributed by atoms with Crippen molar-refractivity contribution in [3.8, 4) is 0 Å². The molecule has 0 aliphatic heterocycles. The summed E-state index contributed by atoms with van der Waals surface area (Å²) in [5.41, 5.74) is 3.33. The fraction of sp³-hybridized carbons (Fsp3) is 0.200. The largest absolute Gasteiger partial charge is 0.347 e. The smallest absolute Gasteiger partial charge is 0.272 e. The molecule has 0 fully saturated rings. The number of amides is 2. The van der Waals surface area contributed by atoms with Crippen LogP contribution < -0.4 is 10.6 Å². The van der Waals surface area contributed by atoms with E-state index in [9.17, 15) is 9.59 Å². The van der Waals surface area contributed by atoms with Crippen molar-refractivity contribution < 1.29 is 9.59 Å². The number of aryl methyl sites for hydroxylation is 1. The van der Waals surface area contributed by atoms with Gasteiger partial charge in [0, 0.05) is 30.3 Å². The van der Waals surface area contributed by atoms with E-state index < -0.39 is 0 Å². The van der Waals surface area contributed by atoms with E-state index in [2.05, 4.69) is 32.7 Å². The van der Waals surface area contributed by atoms with Gasteiger partial charge in [0.2, 0.25) is 0 Å². The number of aromatic nitrogens is 3. The molecule has 2 heterocycles. The fourth-order valence-electron chi connectivity index (χ4n) is 2.61. The molecule has 0 saturated heterocycles. The number of pyridine rings is 1. The van der Waals surface area contributed by atoms with Gasteiger partial charge in [0.1, 0.15) is 5.69 Å². The molecule has 7 heteroatoms. The molecule has 0 spiro atoms. The molecule has 0 saturated carbocycles. The van der Waals surface area contributed by atoms with Gasteiger partial charge in [-0.15, -0.1) is 0 Å². The summed E-state index contributed by atoms with van der Waals surface area (Å²) in [5, 5.41) is 12.6. The number of carbonyl (C=O) groups is 2. The fourth-order valence-corrected chi connectivity index (χ4v) is 2.61. The molecular formula is C20H21N5O2. The normalized spacial score (nSPS) is 10.4. The summed E-state index contributed by atoms with van der Waals surface area (Å²) in [6, 6.07) is 12.5. The number of hydrogen-bond donors (Lipinski definition) is 3. The second-order valence-electron chi connectivity index (χ2n) is 6.11. The molecule has 7 nitrogen and oxygen atoms in total. The maximum absolute atomic E-state index is 12.2. The second-order valence-corrected chi connectivity index (χ2v) is 6.11. The van der Waals surface area contributed by atoms with Crippen LogP contribution in [0, 0.1) is 0 Å². The van der Waals surface area contributed by atoms with E-state index in [4.69, 9.17) is 0 Å². The van der Waals surface area contributed by atoms with Crippen molar-refractivity contribution >= 4 is 17.5 Å². The van der Waals surface area contributed by atoms with Gasteiger partial charge in [-0.25, -0.2) is 0 Å². The van der Waals surface area contributed by atoms with Crippen molar-refractivity contribution in [3.05, 3.63) is 77.4 Å². The number of carbonyl (C=O) groups excluding carboxylic acids is 2. The average Bonchev–Trinajstić information content (AvgIpc) is 3.16. The zero-order valence-corrected chi connectivity index (χ0v) is 15.0. The van der Waals surface area contributed by atoms with Gasteiger partial charge in [-0.1, -0.05) is 25.5 Å². The molecule has 0 bridgehead atoms. The van der Waals surface area contributed by atoms with Crippen molar-refractivity contribution in [3.63, 3.8) is 0 Å². The number of anilines is 1. The van der Waals surface area contributed by atoms with E-state index in [0.29, 0.717) is 23.5 Å². The van der Waals surface area contributed by atoms with E-state index in [0.717, 1.165) is 24.1 Å². The Kier molecular flexibility index (Phi) is 5.94. The molecule has 138 valence electrons. The topological polar surface area (TPSA) is 99.8 Å². The lowest BCUT2D eigenvalue weighted by atomic mass is 10.2. The van der Waals surface area contributed by atoms with Crippen LogP contribution in [0.25, 0.3) is 0 Å². The molecule has 0 aliphatic carbocycles. The summed E-state index contributed by atoms with van der Waals surface area (Å²) >= 11 is 0. The first-order valence-corrected chi connectivity index (χ1v) is 8.78. The molecule has 0 atom stereocenters. The third-order valence-corrected chi connectivity index (χ3v) is 3.94. The molecule has 0 unspecified atom stereocenters. The summed E-state index contributed by atoms with van der Waals surface area (Å²) in [7, 11) is 0. The maximum atomic E-state index is 12.2. The molecular weight excluding hydrogens is 342 g/mol. The molecule has 2 aromatic heterocycles. The first-order valence-electron chi connectivity index (χ1n) is 8.78. The second kappa shape index (κ2) is 8.75. The van der Waals surface area contributed by atoms with Gasteiger partial charge in [-0.05, 0) is 42.3 Å². The van der Waals surface area contributed by atoms with Crippen molar-refractivity contribution in [1.29, 1.82) is 0 Å². The van der Waals surface area contributed by atoms with Gasteiger partial charge in [0.05, 0.1) is 5.56 Å². The molecule has 1 aromatic carbocycles. The SMILES string of the molecule is CCCc1cc(C(=O)NCc2cccc(NC(=O)c3cccnc3)c2)n[nH]1. The van der Waals surface area contributed by atoms with Crippen molar-refractivity contribution in [2.24, 2.45) is 0 Å². The van der Waals surface area contributed by atoms with Crippen LogP contribution in [-0.2, 0) is 13.0 Å². The van der Waals surface area contributed by atoms with Crippen LogP contribution in [0.2, 0.25) is 0 Å². The van der Waals surface area contributed by atoms with Gasteiger partial charge >= 0.3 is 0 Å². The van der Waals surface area contributed by atoms with E-state index >= 15 is 0 Å². The molecule has 3 N–H and O–H groups in total. The molecule has 2 amide bonds. The van der Waals surface area contributed by atoms with Gasteiger partial charge in [-0.3, -0.25) is 19.7 Å². The Morgan fingerprint density at radius 1 is 1.11 bits per heavy atom. The summed E-state index contributed by atoms with van der Waals surface area (Å²) in [6.07, 6.45) is 4.97. The number of rotatable bonds is 7. The summed E-state index contributed by atoms with van der Waals surface area (Å²) in [4.78, 5) is 28.4. The lowest BCUT2D eigenvalue weighted by Crippen LogP contribution is -2.23. The Morgan fingerprint density at radius 2 is 2.00 bits per heavy atom. The Hall–Kier alpha value is -3.48. The van der Waals surface area contributed by atoms with Crippen LogP contribution >= 0.6 is 0 Å². The molecule has 27 heavy (non-hydrogen) atoms. The third-order valence-electron chi connectivity index (χ3n) is 3.94. The van der Waals surface area contributed by atoms with Gasteiger partial charge in [0.25, 0.3) is 11.8 Å². The van der Waals surface area contributed by atoms with E-state index in [1.165, 1.54) is 6.20 Å². The third kappa shape index (κ3) is 5.01. The Morgan fingerprint density at radius 3 is 2.78 bits per heavy atom. The van der Waals surface area contributed by atoms with Crippen LogP contribution in [0.4, 0.5) is 5.69 Å². The van der Waals surface area contributed by atoms with Gasteiger partial charge in [0.15, 0.2) is 0 Å². The van der Waals surface area contributed by atoms with Crippen molar-refractivity contribution in [2.75, 3.05) is 5.32 Å². The number of aromatic amines is 1. The molecule has 0 aliphatic rings. The molecule has 0 radical (unpaired) electrons. The number of benzene rings is 1. The lowest BCUT2D eigenvalue weighted by Gasteiger charge is -2.08. The van der Waals surface area contributed by atoms with Crippen LogP contribution in [0.3, 0.4) is 0 Å². The van der Waals surface area contributed by atoms with Crippen molar-refractivity contribution in [2.45, 2.75) is 26.3 Å². The Balaban J connectivity index is 1.58. The summed E-state index contributed by atoms with van der Waals surface area (Å²) in [5.74, 6) is -0.470. The Labute approximate surface area is 157 Å². The molecule has 3 rings (SSSR count). The van der Waals surface area contributed by atoms with Crippen LogP contribution in [-0.4, -0.2) is 27.0 Å². The summed E-state index contributed by atoms with van der Waals surface area (Å²) in [6.45, 7) is 2.41. The van der Waals surface area contributed by atoms with Gasteiger partial charge < -0.3 is 10.6 Å². The minimum absolute atomic E-state index is 0.232. The predicted molar refractivity (Wildman–Crippen MR) is 102 cm³/mol. The highest BCUT2D eigenvalue weighted by Crippen LogP contribution is 2.12. The highest BCUT2D eigenvalue weighted by atomic mass is 16.2. The minimum Gasteiger partial charge on any atom is -0.347 e. The number of nitrogens with one attached hydrogen (secondary N) is 3. The van der Waals surface area contributed by atoms with Crippen LogP contribution in [0.5, 0.6) is 0 Å². The number of H-pyrrole nitrogens is 1. The number of nitrogens with zero attached hydrogens (tertiary/aromatic N) is 2. The number of hydrogen-bond acceptors (Lipinski definition) is 4. The standard InChI is InChI=1S/C20H21N5O2/c1-2-5-17-11-18(25-24-17)20(27)22-12-14-6-3-8-16(10-14)23-19(26)15-7-4-9-21-13-15/h3-4,6-11,13H,2,5,12H2,1H3,(H,22,27)(H,23,26)(H,24,25). The monoisotopic (exact) mass is 363 g/mol. The lowest BCUT2D eigenvalue weighted by molar-refractivity contribution is 0.0945. The highest BCUT2D eigenvalue weighted by Gasteiger charge is 2.10. The zero-order chi connectivity index (χ0) is 19.1. The quantitative estimate of drug-likeness (QED) is 0.601. The highest BCUT2D eigenvalue weighted by molar-refractivity contribution is 6.04. The van der Waals surface area contributed by atoms with E-state index in [1.807, 2.05) is 18.2 Å². The maximum Gasteiger partial charge on any atom is 0.272 e. The van der Waals surface area contributed by atoms with Crippen LogP contribution in [0.15, 0.2) is 54.9 Å². The van der Waals surface area contributed by atoms with Crippen LogP contribution in [0.1, 0.15) is 45.4 Å². The van der Waals surface area contributed by atoms with Gasteiger partial charge in [-0.2, -0.15) is 5.10 Å². The first-order chi connectivity index (χ1) is 13.2. The predicted octanol–water partition coefficient (Wildman–Crippen LogP) is 2.94. The first kappa shape index (κ1) is 18.3.